The van der Waals surface area contributed by atoms with Crippen LogP contribution in [0.4, 0.5) is 13.2 Å². The number of piperidine rings is 1. The first kappa shape index (κ1) is 26.0. The molecular weight excluding hydrogens is 455 g/mol. The van der Waals surface area contributed by atoms with E-state index in [2.05, 4.69) is 15.7 Å². The van der Waals surface area contributed by atoms with Crippen molar-refractivity contribution in [2.75, 3.05) is 32.8 Å². The number of nitrogens with one attached hydrogen (secondary N) is 2. The van der Waals surface area contributed by atoms with E-state index in [1.807, 2.05) is 0 Å². The summed E-state index contributed by atoms with van der Waals surface area (Å²) in [5.74, 6) is -0.818. The summed E-state index contributed by atoms with van der Waals surface area (Å²) in [6.07, 6.45) is 0.272. The normalized spacial score (nSPS) is 23.2. The van der Waals surface area contributed by atoms with Gasteiger partial charge in [0.05, 0.1) is 5.41 Å². The summed E-state index contributed by atoms with van der Waals surface area (Å²) in [7, 11) is 0. The molecule has 2 fully saturated rings. The summed E-state index contributed by atoms with van der Waals surface area (Å²) in [4.78, 5) is 39.7. The zero-order chi connectivity index (χ0) is 24.8. The number of nitrogens with zero attached hydrogens (tertiary/aromatic N) is 3. The second-order valence-corrected chi connectivity index (χ2v) is 8.97. The van der Waals surface area contributed by atoms with Crippen LogP contribution in [0.2, 0.25) is 0 Å². The number of alkyl halides is 3. The fourth-order valence-corrected chi connectivity index (χ4v) is 4.34. The van der Waals surface area contributed by atoms with E-state index in [1.165, 1.54) is 0 Å². The minimum Gasteiger partial charge on any atom is -0.381 e. The molecule has 0 saturated carbocycles. The van der Waals surface area contributed by atoms with Crippen molar-refractivity contribution >= 4 is 17.7 Å². The van der Waals surface area contributed by atoms with E-state index in [1.54, 1.807) is 11.8 Å². The fourth-order valence-electron chi connectivity index (χ4n) is 4.34. The van der Waals surface area contributed by atoms with E-state index in [0.29, 0.717) is 58.5 Å². The van der Waals surface area contributed by atoms with Gasteiger partial charge in [0, 0.05) is 39.0 Å². The van der Waals surface area contributed by atoms with Gasteiger partial charge in [0.25, 0.3) is 0 Å². The average molecular weight is 488 g/mol. The molecule has 3 amide bonds. The number of carbonyl (C=O) groups is 3. The molecular formula is C22H32F3N5O4. The number of likely N-dealkylation sites (tertiary alicyclic amines) is 1. The average Bonchev–Trinajstić information content (AvgIpc) is 3.26. The highest BCUT2D eigenvalue weighted by atomic mass is 19.4. The van der Waals surface area contributed by atoms with E-state index in [0.717, 1.165) is 29.8 Å². The molecule has 0 aromatic carbocycles. The molecule has 0 aliphatic carbocycles. The third-order valence-electron chi connectivity index (χ3n) is 6.48. The lowest BCUT2D eigenvalue weighted by Gasteiger charge is -2.41. The Morgan fingerprint density at radius 1 is 1.18 bits per heavy atom. The van der Waals surface area contributed by atoms with Crippen molar-refractivity contribution < 1.29 is 32.3 Å². The van der Waals surface area contributed by atoms with E-state index in [-0.39, 0.29) is 24.3 Å². The van der Waals surface area contributed by atoms with Crippen LogP contribution >= 0.6 is 0 Å². The molecule has 2 N–H and O–H groups in total. The Hall–Kier alpha value is -2.63. The number of hydrogen-bond acceptors (Lipinski definition) is 5. The summed E-state index contributed by atoms with van der Waals surface area (Å²) >= 11 is 0. The predicted octanol–water partition coefficient (Wildman–Crippen LogP) is 1.72. The van der Waals surface area contributed by atoms with Gasteiger partial charge in [-0.25, -0.2) is 0 Å². The van der Waals surface area contributed by atoms with E-state index in [9.17, 15) is 27.6 Å². The third-order valence-corrected chi connectivity index (χ3v) is 6.48. The quantitative estimate of drug-likeness (QED) is 0.661. The summed E-state index contributed by atoms with van der Waals surface area (Å²) in [6.45, 7) is 3.56. The Bertz CT molecular complexity index is 865. The van der Waals surface area contributed by atoms with Crippen LogP contribution in [0.25, 0.3) is 0 Å². The van der Waals surface area contributed by atoms with Crippen LogP contribution in [-0.2, 0) is 31.8 Å². The minimum atomic E-state index is -4.57. The number of hydrogen-bond donors (Lipinski definition) is 2. The maximum atomic E-state index is 13.2. The fraction of sp³-hybridized carbons (Fsp3) is 0.727. The lowest BCUT2D eigenvalue weighted by molar-refractivity contribution is -0.143. The molecule has 0 unspecified atom stereocenters. The van der Waals surface area contributed by atoms with Crippen molar-refractivity contribution in [1.29, 1.82) is 0 Å². The number of aromatic nitrogens is 2. The molecule has 34 heavy (non-hydrogen) atoms. The van der Waals surface area contributed by atoms with Gasteiger partial charge in [-0.3, -0.25) is 19.1 Å². The van der Waals surface area contributed by atoms with Gasteiger partial charge in [0.2, 0.25) is 17.7 Å². The van der Waals surface area contributed by atoms with Crippen molar-refractivity contribution in [1.82, 2.24) is 25.3 Å². The summed E-state index contributed by atoms with van der Waals surface area (Å²) in [5.41, 5.74) is -1.76. The monoisotopic (exact) mass is 487 g/mol. The van der Waals surface area contributed by atoms with Crippen LogP contribution in [0.5, 0.6) is 0 Å². The molecule has 0 radical (unpaired) electrons. The van der Waals surface area contributed by atoms with Crippen molar-refractivity contribution in [2.24, 2.45) is 5.41 Å². The van der Waals surface area contributed by atoms with Crippen LogP contribution in [0.1, 0.15) is 51.1 Å². The van der Waals surface area contributed by atoms with Crippen LogP contribution in [-0.4, -0.2) is 71.3 Å². The largest absolute Gasteiger partial charge is 0.435 e. The van der Waals surface area contributed by atoms with Gasteiger partial charge < -0.3 is 20.3 Å². The molecule has 1 aromatic rings. The Labute approximate surface area is 196 Å². The smallest absolute Gasteiger partial charge is 0.381 e. The van der Waals surface area contributed by atoms with Crippen LogP contribution in [0.3, 0.4) is 0 Å². The minimum absolute atomic E-state index is 0.206. The first-order chi connectivity index (χ1) is 16.1. The van der Waals surface area contributed by atoms with Gasteiger partial charge in [0.15, 0.2) is 5.69 Å². The van der Waals surface area contributed by atoms with Crippen molar-refractivity contribution in [3.05, 3.63) is 18.0 Å². The number of amides is 3. The molecule has 9 nitrogen and oxygen atoms in total. The lowest BCUT2D eigenvalue weighted by atomic mass is 9.73. The lowest BCUT2D eigenvalue weighted by Crippen LogP contribution is -2.54. The molecule has 2 saturated heterocycles. The zero-order valence-electron chi connectivity index (χ0n) is 19.3. The van der Waals surface area contributed by atoms with Crippen LogP contribution < -0.4 is 10.6 Å². The third kappa shape index (κ3) is 6.71. The van der Waals surface area contributed by atoms with Crippen molar-refractivity contribution in [2.45, 2.75) is 64.2 Å². The van der Waals surface area contributed by atoms with Crippen molar-refractivity contribution in [3.8, 4) is 0 Å². The summed E-state index contributed by atoms with van der Waals surface area (Å²) in [6, 6.07) is 0.148. The van der Waals surface area contributed by atoms with Gasteiger partial charge in [-0.2, -0.15) is 18.3 Å². The molecule has 2 aliphatic heterocycles. The topological polar surface area (TPSA) is 106 Å². The molecule has 1 atom stereocenters. The Balaban J connectivity index is 1.62. The van der Waals surface area contributed by atoms with Crippen LogP contribution in [0.15, 0.2) is 12.3 Å². The zero-order valence-corrected chi connectivity index (χ0v) is 19.3. The number of carbonyl (C=O) groups excluding carboxylic acids is 3. The molecule has 12 heteroatoms. The highest BCUT2D eigenvalue weighted by Crippen LogP contribution is 2.37. The number of rotatable bonds is 2. The first-order valence-electron chi connectivity index (χ1n) is 11.7. The van der Waals surface area contributed by atoms with Gasteiger partial charge in [-0.1, -0.05) is 6.42 Å². The maximum absolute atomic E-state index is 13.2. The van der Waals surface area contributed by atoms with Gasteiger partial charge in [-0.15, -0.1) is 0 Å². The Morgan fingerprint density at radius 3 is 2.56 bits per heavy atom. The highest BCUT2D eigenvalue weighted by Gasteiger charge is 2.42. The van der Waals surface area contributed by atoms with Gasteiger partial charge in [0.1, 0.15) is 12.6 Å². The molecule has 2 aliphatic rings. The second kappa shape index (κ2) is 11.2. The SMILES string of the molecule is C[C@@H]1NC(=O)C2(CCCCOCCCNC1=O)CCN(C(=O)Cn1ccc(C(F)(F)F)n1)CC2. The first-order valence-corrected chi connectivity index (χ1v) is 11.7. The second-order valence-electron chi connectivity index (χ2n) is 8.97. The summed E-state index contributed by atoms with van der Waals surface area (Å²) < 4.78 is 44.8. The molecule has 3 rings (SSSR count). The van der Waals surface area contributed by atoms with Crippen molar-refractivity contribution in [3.63, 3.8) is 0 Å². The van der Waals surface area contributed by atoms with Crippen LogP contribution in [0, 0.1) is 5.41 Å². The predicted molar refractivity (Wildman–Crippen MR) is 115 cm³/mol. The molecule has 190 valence electrons. The van der Waals surface area contributed by atoms with Gasteiger partial charge >= 0.3 is 6.18 Å². The summed E-state index contributed by atoms with van der Waals surface area (Å²) in [5, 5.41) is 9.06. The van der Waals surface area contributed by atoms with E-state index >= 15 is 0 Å². The Morgan fingerprint density at radius 2 is 1.88 bits per heavy atom. The van der Waals surface area contributed by atoms with E-state index < -0.39 is 23.3 Å². The Kier molecular flexibility index (Phi) is 8.56. The molecule has 0 bridgehead atoms. The van der Waals surface area contributed by atoms with Gasteiger partial charge in [-0.05, 0) is 45.1 Å². The number of ether oxygens (including phenoxy) is 1. The maximum Gasteiger partial charge on any atom is 0.435 e. The molecule has 1 aromatic heterocycles. The molecule has 3 heterocycles. The van der Waals surface area contributed by atoms with E-state index in [4.69, 9.17) is 4.74 Å². The standard InChI is InChI=1S/C22H32F3N5O4/c1-16-19(32)26-9-4-14-34-13-3-2-6-21(20(33)27-16)7-11-29(12-8-21)18(31)15-30-10-5-17(28-30)22(23,24)25/h5,10,16H,2-4,6-9,11-15H2,1H3,(H,26,32)(H,27,33)/t16-/m0/s1. The highest BCUT2D eigenvalue weighted by molar-refractivity contribution is 5.90. The number of halogens is 3. The molecule has 1 spiro atoms.